The number of ether oxygens (including phenoxy) is 2. The van der Waals surface area contributed by atoms with Crippen molar-refractivity contribution in [2.24, 2.45) is 0 Å². The summed E-state index contributed by atoms with van der Waals surface area (Å²) in [7, 11) is -4.06. The van der Waals surface area contributed by atoms with Crippen LogP contribution in [0.2, 0.25) is 0 Å². The fraction of sp³-hybridized carbons (Fsp3) is 0.421. The number of anilines is 2. The van der Waals surface area contributed by atoms with Gasteiger partial charge in [0.2, 0.25) is 0 Å². The number of hydrogen-bond acceptors (Lipinski definition) is 8. The summed E-state index contributed by atoms with van der Waals surface area (Å²) in [6.07, 6.45) is 0.608. The summed E-state index contributed by atoms with van der Waals surface area (Å²) < 4.78 is 37.0. The highest BCUT2D eigenvalue weighted by atomic mass is 32.2. The maximum absolute atomic E-state index is 12.4. The fourth-order valence-electron chi connectivity index (χ4n) is 3.75. The summed E-state index contributed by atoms with van der Waals surface area (Å²) >= 11 is 0. The number of benzene rings is 1. The molecule has 2 aliphatic rings. The summed E-state index contributed by atoms with van der Waals surface area (Å²) in [5.41, 5.74) is 1.09. The van der Waals surface area contributed by atoms with Crippen LogP contribution in [0.15, 0.2) is 29.2 Å². The Morgan fingerprint density at radius 2 is 2.13 bits per heavy atom. The minimum atomic E-state index is -4.06. The Morgan fingerprint density at radius 1 is 1.32 bits per heavy atom. The Morgan fingerprint density at radius 3 is 2.90 bits per heavy atom. The molecule has 1 aliphatic carbocycles. The van der Waals surface area contributed by atoms with E-state index in [0.29, 0.717) is 12.2 Å². The zero-order chi connectivity index (χ0) is 22.2. The van der Waals surface area contributed by atoms with Crippen molar-refractivity contribution in [1.29, 1.82) is 0 Å². The third-order valence-electron chi connectivity index (χ3n) is 5.03. The zero-order valence-corrected chi connectivity index (χ0v) is 17.8. The van der Waals surface area contributed by atoms with Gasteiger partial charge in [-0.25, -0.2) is 22.7 Å². The molecule has 4 N–H and O–H groups in total. The summed E-state index contributed by atoms with van der Waals surface area (Å²) in [5, 5.41) is 12.9. The third-order valence-corrected chi connectivity index (χ3v) is 6.43. The number of aromatic amines is 1. The summed E-state index contributed by atoms with van der Waals surface area (Å²) in [6, 6.07) is 6.33. The van der Waals surface area contributed by atoms with Gasteiger partial charge in [-0.3, -0.25) is 5.10 Å². The van der Waals surface area contributed by atoms with Crippen LogP contribution in [0.4, 0.5) is 21.1 Å². The first-order valence-electron chi connectivity index (χ1n) is 9.88. The van der Waals surface area contributed by atoms with Crippen LogP contribution in [-0.2, 0) is 14.8 Å². The summed E-state index contributed by atoms with van der Waals surface area (Å²) in [6.45, 7) is 3.74. The Balaban J connectivity index is 1.45. The molecule has 1 aromatic heterocycles. The first kappa shape index (κ1) is 21.0. The average molecular weight is 449 g/mol. The largest absolute Gasteiger partial charge is 0.446 e. The van der Waals surface area contributed by atoms with Gasteiger partial charge in [0, 0.05) is 23.7 Å². The average Bonchev–Trinajstić information content (AvgIpc) is 3.29. The highest BCUT2D eigenvalue weighted by Gasteiger charge is 2.33. The van der Waals surface area contributed by atoms with Gasteiger partial charge in [0.15, 0.2) is 16.5 Å². The number of H-pyrrole nitrogens is 1. The van der Waals surface area contributed by atoms with Gasteiger partial charge in [0.1, 0.15) is 6.10 Å². The van der Waals surface area contributed by atoms with Gasteiger partial charge in [-0.05, 0) is 45.2 Å². The second-order valence-electron chi connectivity index (χ2n) is 7.80. The second-order valence-corrected chi connectivity index (χ2v) is 9.42. The quantitative estimate of drug-likeness (QED) is 0.544. The van der Waals surface area contributed by atoms with Crippen molar-refractivity contribution < 1.29 is 27.5 Å². The Hall–Kier alpha value is -3.28. The van der Waals surface area contributed by atoms with Gasteiger partial charge in [0.25, 0.3) is 10.0 Å². The molecule has 11 nitrogen and oxygen atoms in total. The lowest BCUT2D eigenvalue weighted by atomic mass is 10.0. The number of nitrogens with zero attached hydrogens (tertiary/aromatic N) is 1. The van der Waals surface area contributed by atoms with Crippen LogP contribution in [0.5, 0.6) is 5.75 Å². The number of alkyl carbamates (subject to hydrolysis) is 1. The van der Waals surface area contributed by atoms with Crippen LogP contribution in [0, 0.1) is 0 Å². The van der Waals surface area contributed by atoms with E-state index in [4.69, 9.17) is 9.47 Å². The number of hydrogen-bond donors (Lipinski definition) is 4. The second kappa shape index (κ2) is 8.10. The van der Waals surface area contributed by atoms with Gasteiger partial charge in [-0.1, -0.05) is 6.07 Å². The van der Waals surface area contributed by atoms with Crippen LogP contribution in [0.1, 0.15) is 44.7 Å². The van der Waals surface area contributed by atoms with E-state index in [2.05, 4.69) is 20.8 Å². The van der Waals surface area contributed by atoms with Gasteiger partial charge in [-0.15, -0.1) is 0 Å². The molecule has 0 saturated heterocycles. The van der Waals surface area contributed by atoms with Crippen LogP contribution in [0.25, 0.3) is 0 Å². The van der Waals surface area contributed by atoms with Gasteiger partial charge < -0.3 is 20.1 Å². The van der Waals surface area contributed by atoms with Crippen molar-refractivity contribution in [3.8, 4) is 5.75 Å². The topological polar surface area (TPSA) is 152 Å². The van der Waals surface area contributed by atoms with E-state index in [1.54, 1.807) is 18.2 Å². The van der Waals surface area contributed by atoms with Crippen molar-refractivity contribution in [2.45, 2.75) is 56.1 Å². The number of fused-ring (bicyclic) bond motifs is 1. The Bertz CT molecular complexity index is 1110. The normalized spacial score (nSPS) is 21.7. The van der Waals surface area contributed by atoms with E-state index in [-0.39, 0.29) is 34.4 Å². The molecule has 12 heteroatoms. The standard InChI is InChI=1S/C19H23N5O6S/c1-10(2)20-18(25)29-12-7-6-11(8-12)14-9-16(23-22-14)21-13-4-3-5-15-17(13)31(27,28)24-19(26)30-15/h3-5,9-12H,6-8H2,1-2H3,(H,20,25)(H,24,26)(H2,21,22,23)/t11-,12+/m0/s1. The number of carbonyl (C=O) groups excluding carboxylic acids is 2. The number of rotatable bonds is 5. The van der Waals surface area contributed by atoms with E-state index >= 15 is 0 Å². The number of carbonyl (C=O) groups is 2. The molecule has 2 heterocycles. The van der Waals surface area contributed by atoms with Crippen LogP contribution < -0.4 is 20.1 Å². The monoisotopic (exact) mass is 449 g/mol. The van der Waals surface area contributed by atoms with Crippen LogP contribution >= 0.6 is 0 Å². The molecule has 4 rings (SSSR count). The summed E-state index contributed by atoms with van der Waals surface area (Å²) in [4.78, 5) is 23.1. The number of nitrogens with one attached hydrogen (secondary N) is 4. The predicted octanol–water partition coefficient (Wildman–Crippen LogP) is 2.71. The zero-order valence-electron chi connectivity index (χ0n) is 17.0. The van der Waals surface area contributed by atoms with Crippen LogP contribution in [-0.4, -0.2) is 42.9 Å². The van der Waals surface area contributed by atoms with Crippen molar-refractivity contribution in [2.75, 3.05) is 5.32 Å². The lowest BCUT2D eigenvalue weighted by Crippen LogP contribution is -2.37. The molecule has 1 saturated carbocycles. The number of aromatic nitrogens is 2. The van der Waals surface area contributed by atoms with Crippen molar-refractivity contribution in [3.05, 3.63) is 30.0 Å². The Labute approximate surface area is 178 Å². The molecule has 0 unspecified atom stereocenters. The molecule has 2 amide bonds. The van der Waals surface area contributed by atoms with E-state index in [1.807, 2.05) is 18.6 Å². The molecule has 2 atom stereocenters. The first-order valence-corrected chi connectivity index (χ1v) is 11.4. The predicted molar refractivity (Wildman–Crippen MR) is 110 cm³/mol. The third kappa shape index (κ3) is 4.58. The number of amides is 2. The maximum atomic E-state index is 12.4. The highest BCUT2D eigenvalue weighted by Crippen LogP contribution is 2.38. The number of sulfonamides is 1. The van der Waals surface area contributed by atoms with E-state index in [9.17, 15) is 18.0 Å². The summed E-state index contributed by atoms with van der Waals surface area (Å²) in [5.74, 6) is 0.494. The van der Waals surface area contributed by atoms with Crippen molar-refractivity contribution in [3.63, 3.8) is 0 Å². The maximum Gasteiger partial charge on any atom is 0.426 e. The van der Waals surface area contributed by atoms with Gasteiger partial charge >= 0.3 is 12.2 Å². The SMILES string of the molecule is CC(C)NC(=O)O[C@@H]1CC[C@H](c2cc(Nc3cccc4c3S(=O)(=O)NC(=O)O4)n[nH]2)C1. The molecule has 1 aromatic carbocycles. The minimum Gasteiger partial charge on any atom is -0.446 e. The molecule has 166 valence electrons. The lowest BCUT2D eigenvalue weighted by Gasteiger charge is -2.19. The van der Waals surface area contributed by atoms with Gasteiger partial charge in [0.05, 0.1) is 5.69 Å². The molecule has 1 aliphatic heterocycles. The molecule has 1 fully saturated rings. The molecule has 0 spiro atoms. The molecule has 0 radical (unpaired) electrons. The van der Waals surface area contributed by atoms with Crippen molar-refractivity contribution >= 4 is 33.7 Å². The smallest absolute Gasteiger partial charge is 0.426 e. The van der Waals surface area contributed by atoms with Gasteiger partial charge in [-0.2, -0.15) is 5.10 Å². The highest BCUT2D eigenvalue weighted by molar-refractivity contribution is 7.90. The first-order chi connectivity index (χ1) is 14.7. The van der Waals surface area contributed by atoms with E-state index in [1.165, 1.54) is 6.07 Å². The fourth-order valence-corrected chi connectivity index (χ4v) is 4.90. The van der Waals surface area contributed by atoms with Crippen LogP contribution in [0.3, 0.4) is 0 Å². The van der Waals surface area contributed by atoms with E-state index in [0.717, 1.165) is 18.5 Å². The Kier molecular flexibility index (Phi) is 5.48. The molecular formula is C19H23N5O6S. The molecule has 31 heavy (non-hydrogen) atoms. The van der Waals surface area contributed by atoms with Crippen molar-refractivity contribution in [1.82, 2.24) is 20.2 Å². The molecule has 0 bridgehead atoms. The molecular weight excluding hydrogens is 426 g/mol. The minimum absolute atomic E-state index is 0.0113. The van der Waals surface area contributed by atoms with E-state index < -0.39 is 22.2 Å². The molecule has 2 aromatic rings. The lowest BCUT2D eigenvalue weighted by molar-refractivity contribution is 0.0981.